The van der Waals surface area contributed by atoms with Gasteiger partial charge in [-0.15, -0.1) is 5.10 Å². The second-order valence-electron chi connectivity index (χ2n) is 8.88. The molecule has 1 saturated heterocycles. The van der Waals surface area contributed by atoms with E-state index in [0.29, 0.717) is 24.6 Å². The van der Waals surface area contributed by atoms with Crippen molar-refractivity contribution in [3.63, 3.8) is 0 Å². The molecule has 5 N–H and O–H groups in total. The number of imidazole rings is 1. The maximum Gasteiger partial charge on any atom is 0.340 e. The number of halogens is 1. The van der Waals surface area contributed by atoms with Gasteiger partial charge in [-0.3, -0.25) is 9.13 Å². The summed E-state index contributed by atoms with van der Waals surface area (Å²) in [5.41, 5.74) is 2.99. The lowest BCUT2D eigenvalue weighted by atomic mass is 10.00. The van der Waals surface area contributed by atoms with E-state index in [2.05, 4.69) is 21.1 Å². The molecule has 0 radical (unpaired) electrons. The molecule has 4 heterocycles. The lowest BCUT2D eigenvalue weighted by molar-refractivity contribution is -0.0204. The molecule has 5 atom stereocenters. The zero-order chi connectivity index (χ0) is 26.5. The van der Waals surface area contributed by atoms with Gasteiger partial charge in [0.25, 0.3) is 0 Å². The van der Waals surface area contributed by atoms with E-state index in [4.69, 9.17) is 30.6 Å². The number of fused-ring (bicyclic) bond motifs is 2. The van der Waals surface area contributed by atoms with Crippen LogP contribution in [0.15, 0.2) is 30.5 Å². The van der Waals surface area contributed by atoms with Crippen LogP contribution < -0.4 is 4.90 Å². The van der Waals surface area contributed by atoms with E-state index in [0.717, 1.165) is 12.0 Å². The average Bonchev–Trinajstić information content (AvgIpc) is 3.36. The van der Waals surface area contributed by atoms with Crippen LogP contribution in [0.3, 0.4) is 0 Å². The third-order valence-electron chi connectivity index (χ3n) is 6.23. The van der Waals surface area contributed by atoms with Gasteiger partial charge in [-0.2, -0.15) is 4.98 Å². The Labute approximate surface area is 215 Å². The number of hydrogen-bond donors (Lipinski definition) is 5. The minimum Gasteiger partial charge on any atom is -0.387 e. The van der Waals surface area contributed by atoms with Crippen molar-refractivity contribution < 1.29 is 43.3 Å². The first-order valence-electron chi connectivity index (χ1n) is 11.2. The second-order valence-corrected chi connectivity index (χ2v) is 13.2. The summed E-state index contributed by atoms with van der Waals surface area (Å²) in [6.07, 6.45) is -3.28. The first kappa shape index (κ1) is 26.6. The van der Waals surface area contributed by atoms with E-state index in [-0.39, 0.29) is 11.0 Å². The molecular weight excluding hydrogens is 552 g/mol. The number of anilines is 1. The summed E-state index contributed by atoms with van der Waals surface area (Å²) in [5.74, 6) is -0.909. The third-order valence-corrected chi connectivity index (χ3v) is 9.85. The standard InChI is InChI=1S/C20H24ClN5O9P2/c21-20-23-19(25-6-5-11-3-1-2-4-12(11)8-25)18-22-7-13(26(18)24-20)17-16(28)15(27)14(35-17)9-34-37(32,33)10-36(29,30)31/h1-4,7,14-17,27-28H,5-6,8-10H2,(H,32,33)(H2,29,30,31)/t14-,15-,16-,17+/m1/s1. The van der Waals surface area contributed by atoms with Gasteiger partial charge in [0, 0.05) is 13.1 Å². The van der Waals surface area contributed by atoms with Crippen LogP contribution in [0.5, 0.6) is 0 Å². The van der Waals surface area contributed by atoms with E-state index in [1.807, 2.05) is 23.1 Å². The highest BCUT2D eigenvalue weighted by atomic mass is 35.5. The van der Waals surface area contributed by atoms with Crippen LogP contribution in [0.2, 0.25) is 5.28 Å². The van der Waals surface area contributed by atoms with E-state index in [1.54, 1.807) is 0 Å². The van der Waals surface area contributed by atoms with Gasteiger partial charge < -0.3 is 39.1 Å². The van der Waals surface area contributed by atoms with E-state index < -0.39 is 52.1 Å². The predicted octanol–water partition coefficient (Wildman–Crippen LogP) is 0.839. The Morgan fingerprint density at radius 3 is 2.59 bits per heavy atom. The predicted molar refractivity (Wildman–Crippen MR) is 129 cm³/mol. The maximum atomic E-state index is 12.0. The van der Waals surface area contributed by atoms with E-state index in [9.17, 15) is 24.2 Å². The Morgan fingerprint density at radius 2 is 1.86 bits per heavy atom. The molecule has 1 aromatic carbocycles. The molecule has 1 fully saturated rings. The number of ether oxygens (including phenoxy) is 1. The Kier molecular flexibility index (Phi) is 7.18. The number of hydrogen-bond acceptors (Lipinski definition) is 10. The smallest absolute Gasteiger partial charge is 0.340 e. The number of aromatic nitrogens is 4. The minimum atomic E-state index is -4.83. The average molecular weight is 576 g/mol. The van der Waals surface area contributed by atoms with Gasteiger partial charge in [-0.1, -0.05) is 24.3 Å². The molecule has 200 valence electrons. The fraction of sp³-hybridized carbons (Fsp3) is 0.450. The summed E-state index contributed by atoms with van der Waals surface area (Å²) in [6, 6.07) is 8.07. The maximum absolute atomic E-state index is 12.0. The quantitative estimate of drug-likeness (QED) is 0.248. The van der Waals surface area contributed by atoms with Crippen molar-refractivity contribution in [2.45, 2.75) is 37.4 Å². The lowest BCUT2D eigenvalue weighted by Crippen LogP contribution is -2.33. The zero-order valence-corrected chi connectivity index (χ0v) is 21.7. The first-order chi connectivity index (χ1) is 17.4. The highest BCUT2D eigenvalue weighted by Gasteiger charge is 2.46. The van der Waals surface area contributed by atoms with Crippen molar-refractivity contribution in [1.29, 1.82) is 0 Å². The normalized spacial score (nSPS) is 25.8. The fourth-order valence-corrected chi connectivity index (χ4v) is 7.26. The molecule has 3 aromatic rings. The number of aliphatic hydroxyl groups excluding tert-OH is 2. The molecule has 2 aliphatic heterocycles. The molecule has 0 spiro atoms. The number of benzene rings is 1. The van der Waals surface area contributed by atoms with Gasteiger partial charge >= 0.3 is 15.2 Å². The molecule has 0 saturated carbocycles. The number of nitrogens with zero attached hydrogens (tertiary/aromatic N) is 5. The SMILES string of the molecule is O=P(O)(O)CP(=O)(O)OC[C@H]1O[C@@H](c2cnc3c(N4CCc5ccccc5C4)nc(Cl)nn23)[C@H](O)[C@@H]1O. The third kappa shape index (κ3) is 5.59. The molecule has 1 unspecified atom stereocenters. The molecular formula is C20H24ClN5O9P2. The first-order valence-corrected chi connectivity index (χ1v) is 15.1. The highest BCUT2D eigenvalue weighted by Crippen LogP contribution is 2.55. The molecule has 2 aliphatic rings. The van der Waals surface area contributed by atoms with Gasteiger partial charge in [-0.25, -0.2) is 9.50 Å². The molecule has 5 rings (SSSR count). The van der Waals surface area contributed by atoms with Crippen LogP contribution >= 0.6 is 26.8 Å². The molecule has 14 nitrogen and oxygen atoms in total. The van der Waals surface area contributed by atoms with Gasteiger partial charge in [0.15, 0.2) is 17.4 Å². The number of rotatable bonds is 7. The van der Waals surface area contributed by atoms with Crippen LogP contribution in [0.4, 0.5) is 5.82 Å². The van der Waals surface area contributed by atoms with Crippen LogP contribution in [0.1, 0.15) is 22.9 Å². The van der Waals surface area contributed by atoms with Crippen LogP contribution in [-0.2, 0) is 31.4 Å². The Balaban J connectivity index is 1.38. The summed E-state index contributed by atoms with van der Waals surface area (Å²) >= 11 is 6.23. The van der Waals surface area contributed by atoms with Gasteiger partial charge in [0.05, 0.1) is 18.5 Å². The van der Waals surface area contributed by atoms with Crippen LogP contribution in [0.25, 0.3) is 5.65 Å². The summed E-state index contributed by atoms with van der Waals surface area (Å²) in [7, 11) is -9.51. The zero-order valence-electron chi connectivity index (χ0n) is 19.1. The number of aliphatic hydroxyl groups is 2. The molecule has 0 aliphatic carbocycles. The largest absolute Gasteiger partial charge is 0.387 e. The van der Waals surface area contributed by atoms with Crippen molar-refractivity contribution >= 4 is 38.3 Å². The summed E-state index contributed by atoms with van der Waals surface area (Å²) in [4.78, 5) is 38.4. The summed E-state index contributed by atoms with van der Waals surface area (Å²) in [6.45, 7) is 0.546. The van der Waals surface area contributed by atoms with Crippen LogP contribution in [0, 0.1) is 0 Å². The molecule has 0 bridgehead atoms. The van der Waals surface area contributed by atoms with Crippen molar-refractivity contribution in [2.75, 3.05) is 24.0 Å². The summed E-state index contributed by atoms with van der Waals surface area (Å²) in [5, 5.41) is 25.2. The van der Waals surface area contributed by atoms with E-state index in [1.165, 1.54) is 16.3 Å². The molecule has 0 amide bonds. The highest BCUT2D eigenvalue weighted by molar-refractivity contribution is 7.70. The Hall–Kier alpha value is -1.96. The van der Waals surface area contributed by atoms with Crippen molar-refractivity contribution in [3.05, 3.63) is 52.6 Å². The Morgan fingerprint density at radius 1 is 1.14 bits per heavy atom. The monoisotopic (exact) mass is 575 g/mol. The molecule has 37 heavy (non-hydrogen) atoms. The van der Waals surface area contributed by atoms with Crippen molar-refractivity contribution in [2.24, 2.45) is 0 Å². The Bertz CT molecular complexity index is 1420. The van der Waals surface area contributed by atoms with Gasteiger partial charge in [0.2, 0.25) is 5.28 Å². The van der Waals surface area contributed by atoms with Crippen molar-refractivity contribution in [1.82, 2.24) is 19.6 Å². The summed E-state index contributed by atoms with van der Waals surface area (Å²) < 4.78 is 34.8. The van der Waals surface area contributed by atoms with Crippen LogP contribution in [-0.4, -0.2) is 81.8 Å². The van der Waals surface area contributed by atoms with E-state index >= 15 is 0 Å². The lowest BCUT2D eigenvalue weighted by Gasteiger charge is -2.29. The second kappa shape index (κ2) is 9.97. The molecule has 17 heteroatoms. The molecule has 2 aromatic heterocycles. The van der Waals surface area contributed by atoms with Crippen molar-refractivity contribution in [3.8, 4) is 0 Å². The fourth-order valence-electron chi connectivity index (χ4n) is 4.54. The topological polar surface area (TPSA) is 200 Å². The van der Waals surface area contributed by atoms with Gasteiger partial charge in [-0.05, 0) is 29.1 Å². The van der Waals surface area contributed by atoms with Gasteiger partial charge in [0.1, 0.15) is 24.4 Å². The minimum absolute atomic E-state index is 0.0767.